The third-order valence-corrected chi connectivity index (χ3v) is 5.30. The van der Waals surface area contributed by atoms with Crippen LogP contribution in [0.1, 0.15) is 12.8 Å². The number of halogens is 1. The van der Waals surface area contributed by atoms with Crippen molar-refractivity contribution in [2.75, 3.05) is 23.3 Å². The van der Waals surface area contributed by atoms with Gasteiger partial charge in [0.05, 0.1) is 17.7 Å². The molecule has 1 N–H and O–H groups in total. The van der Waals surface area contributed by atoms with E-state index in [0.29, 0.717) is 30.8 Å². The molecule has 8 heteroatoms. The Bertz CT molecular complexity index is 897. The van der Waals surface area contributed by atoms with Gasteiger partial charge in [-0.25, -0.2) is 12.8 Å². The maximum atomic E-state index is 13.0. The first-order chi connectivity index (χ1) is 11.9. The number of benzene rings is 2. The van der Waals surface area contributed by atoms with Crippen molar-refractivity contribution in [1.82, 2.24) is 0 Å². The molecule has 1 amide bonds. The molecule has 3 rings (SSSR count). The van der Waals surface area contributed by atoms with Gasteiger partial charge in [0.2, 0.25) is 5.91 Å². The van der Waals surface area contributed by atoms with Crippen LogP contribution in [0.15, 0.2) is 47.4 Å². The summed E-state index contributed by atoms with van der Waals surface area (Å²) in [4.78, 5) is 13.5. The van der Waals surface area contributed by atoms with Gasteiger partial charge in [-0.1, -0.05) is 0 Å². The molecular weight excluding hydrogens is 347 g/mol. The summed E-state index contributed by atoms with van der Waals surface area (Å²) in [5, 5.41) is 0. The minimum absolute atomic E-state index is 0.00711. The maximum Gasteiger partial charge on any atom is 0.261 e. The second-order valence-corrected chi connectivity index (χ2v) is 7.28. The molecular formula is C17H17FN2O4S. The highest BCUT2D eigenvalue weighted by molar-refractivity contribution is 7.92. The SMILES string of the molecule is COc1ccc(S(=O)(=O)Nc2ccc(F)cc2)cc1N1CCCC1=O. The van der Waals surface area contributed by atoms with Crippen LogP contribution in [0.25, 0.3) is 0 Å². The number of anilines is 2. The van der Waals surface area contributed by atoms with Crippen LogP contribution in [0, 0.1) is 5.82 Å². The number of hydrogen-bond acceptors (Lipinski definition) is 4. The average molecular weight is 364 g/mol. The number of rotatable bonds is 5. The van der Waals surface area contributed by atoms with Gasteiger partial charge in [-0.3, -0.25) is 9.52 Å². The lowest BCUT2D eigenvalue weighted by atomic mass is 10.2. The zero-order valence-electron chi connectivity index (χ0n) is 13.5. The third kappa shape index (κ3) is 3.58. The van der Waals surface area contributed by atoms with Crippen molar-refractivity contribution < 1.29 is 22.3 Å². The van der Waals surface area contributed by atoms with Gasteiger partial charge in [-0.15, -0.1) is 0 Å². The maximum absolute atomic E-state index is 13.0. The van der Waals surface area contributed by atoms with Gasteiger partial charge in [-0.2, -0.15) is 0 Å². The topological polar surface area (TPSA) is 75.7 Å². The molecule has 1 aliphatic heterocycles. The van der Waals surface area contributed by atoms with E-state index >= 15 is 0 Å². The van der Waals surface area contributed by atoms with E-state index in [4.69, 9.17) is 4.74 Å². The summed E-state index contributed by atoms with van der Waals surface area (Å²) in [5.41, 5.74) is 0.669. The van der Waals surface area contributed by atoms with E-state index in [9.17, 15) is 17.6 Å². The van der Waals surface area contributed by atoms with E-state index in [2.05, 4.69) is 4.72 Å². The van der Waals surface area contributed by atoms with Crippen molar-refractivity contribution in [2.24, 2.45) is 0 Å². The quantitative estimate of drug-likeness (QED) is 0.885. The Kier molecular flexibility index (Phi) is 4.63. The third-order valence-electron chi connectivity index (χ3n) is 3.92. The summed E-state index contributed by atoms with van der Waals surface area (Å²) < 4.78 is 45.8. The lowest BCUT2D eigenvalue weighted by molar-refractivity contribution is -0.117. The highest BCUT2D eigenvalue weighted by Crippen LogP contribution is 2.34. The molecule has 0 aliphatic carbocycles. The van der Waals surface area contributed by atoms with Gasteiger partial charge in [0.1, 0.15) is 11.6 Å². The second-order valence-electron chi connectivity index (χ2n) is 5.59. The largest absolute Gasteiger partial charge is 0.495 e. The van der Waals surface area contributed by atoms with Crippen LogP contribution in [0.4, 0.5) is 15.8 Å². The number of carbonyl (C=O) groups is 1. The number of methoxy groups -OCH3 is 1. The molecule has 0 unspecified atom stereocenters. The number of sulfonamides is 1. The van der Waals surface area contributed by atoms with Crippen LogP contribution in [0.3, 0.4) is 0 Å². The predicted molar refractivity (Wildman–Crippen MR) is 91.8 cm³/mol. The van der Waals surface area contributed by atoms with Gasteiger partial charge < -0.3 is 9.64 Å². The molecule has 1 heterocycles. The summed E-state index contributed by atoms with van der Waals surface area (Å²) in [7, 11) is -2.42. The van der Waals surface area contributed by atoms with Crippen LogP contribution in [0.2, 0.25) is 0 Å². The van der Waals surface area contributed by atoms with Crippen molar-refractivity contribution in [2.45, 2.75) is 17.7 Å². The smallest absolute Gasteiger partial charge is 0.261 e. The number of nitrogens with one attached hydrogen (secondary N) is 1. The Labute approximate surface area is 145 Å². The zero-order valence-corrected chi connectivity index (χ0v) is 14.3. The average Bonchev–Trinajstić information content (AvgIpc) is 3.02. The van der Waals surface area contributed by atoms with Gasteiger partial charge in [-0.05, 0) is 48.9 Å². The normalized spacial score (nSPS) is 14.6. The van der Waals surface area contributed by atoms with Crippen molar-refractivity contribution in [3.8, 4) is 5.75 Å². The fraction of sp³-hybridized carbons (Fsp3) is 0.235. The molecule has 0 bridgehead atoms. The second kappa shape index (κ2) is 6.72. The van der Waals surface area contributed by atoms with Gasteiger partial charge in [0.15, 0.2) is 0 Å². The van der Waals surface area contributed by atoms with Crippen LogP contribution in [0.5, 0.6) is 5.75 Å². The molecule has 0 atom stereocenters. The highest BCUT2D eigenvalue weighted by Gasteiger charge is 2.26. The Morgan fingerprint density at radius 3 is 2.48 bits per heavy atom. The van der Waals surface area contributed by atoms with E-state index in [1.807, 2.05) is 0 Å². The van der Waals surface area contributed by atoms with E-state index in [0.717, 1.165) is 0 Å². The zero-order chi connectivity index (χ0) is 18.0. The Morgan fingerprint density at radius 1 is 1.16 bits per heavy atom. The summed E-state index contributed by atoms with van der Waals surface area (Å²) in [5.74, 6) is -0.0995. The first-order valence-corrected chi connectivity index (χ1v) is 9.16. The standard InChI is InChI=1S/C17H17FN2O4S/c1-24-16-9-8-14(11-15(16)20-10-2-3-17(20)21)25(22,23)19-13-6-4-12(18)5-7-13/h4-9,11,19H,2-3,10H2,1H3. The minimum Gasteiger partial charge on any atom is -0.495 e. The summed E-state index contributed by atoms with van der Waals surface area (Å²) in [6.45, 7) is 0.518. The van der Waals surface area contributed by atoms with E-state index in [1.54, 1.807) is 0 Å². The van der Waals surface area contributed by atoms with Crippen molar-refractivity contribution in [3.63, 3.8) is 0 Å². The molecule has 6 nitrogen and oxygen atoms in total. The van der Waals surface area contributed by atoms with Crippen LogP contribution in [-0.4, -0.2) is 28.0 Å². The van der Waals surface area contributed by atoms with Crippen molar-refractivity contribution in [3.05, 3.63) is 48.3 Å². The molecule has 2 aromatic rings. The number of ether oxygens (including phenoxy) is 1. The van der Waals surface area contributed by atoms with E-state index in [1.165, 1.54) is 54.5 Å². The van der Waals surface area contributed by atoms with Crippen LogP contribution in [-0.2, 0) is 14.8 Å². The lowest BCUT2D eigenvalue weighted by Crippen LogP contribution is -2.24. The first-order valence-electron chi connectivity index (χ1n) is 7.67. The summed E-state index contributed by atoms with van der Waals surface area (Å²) >= 11 is 0. The van der Waals surface area contributed by atoms with Gasteiger partial charge in [0.25, 0.3) is 10.0 Å². The molecule has 0 aromatic heterocycles. The van der Waals surface area contributed by atoms with E-state index in [-0.39, 0.29) is 16.5 Å². The Morgan fingerprint density at radius 2 is 1.88 bits per heavy atom. The Balaban J connectivity index is 1.95. The fourth-order valence-corrected chi connectivity index (χ4v) is 3.76. The number of hydrogen-bond donors (Lipinski definition) is 1. The monoisotopic (exact) mass is 364 g/mol. The molecule has 2 aromatic carbocycles. The molecule has 25 heavy (non-hydrogen) atoms. The molecule has 1 saturated heterocycles. The van der Waals surface area contributed by atoms with E-state index < -0.39 is 15.8 Å². The number of amides is 1. The molecule has 132 valence electrons. The molecule has 1 aliphatic rings. The summed E-state index contributed by atoms with van der Waals surface area (Å²) in [6.07, 6.45) is 1.14. The minimum atomic E-state index is -3.89. The Hall–Kier alpha value is -2.61. The molecule has 0 radical (unpaired) electrons. The molecule has 1 fully saturated rings. The molecule has 0 saturated carbocycles. The predicted octanol–water partition coefficient (Wildman–Crippen LogP) is 2.76. The van der Waals surface area contributed by atoms with Gasteiger partial charge >= 0.3 is 0 Å². The van der Waals surface area contributed by atoms with Gasteiger partial charge in [0, 0.05) is 18.7 Å². The first kappa shape index (κ1) is 17.2. The van der Waals surface area contributed by atoms with Crippen molar-refractivity contribution >= 4 is 27.3 Å². The fourth-order valence-electron chi connectivity index (χ4n) is 2.68. The number of carbonyl (C=O) groups excluding carboxylic acids is 1. The van der Waals surface area contributed by atoms with Crippen LogP contribution < -0.4 is 14.4 Å². The number of nitrogens with zero attached hydrogens (tertiary/aromatic N) is 1. The van der Waals surface area contributed by atoms with Crippen molar-refractivity contribution in [1.29, 1.82) is 0 Å². The highest BCUT2D eigenvalue weighted by atomic mass is 32.2. The summed E-state index contributed by atoms with van der Waals surface area (Å²) in [6, 6.07) is 9.33. The van der Waals surface area contributed by atoms with Crippen LogP contribution >= 0.6 is 0 Å². The lowest BCUT2D eigenvalue weighted by Gasteiger charge is -2.20. The molecule has 0 spiro atoms.